The van der Waals surface area contributed by atoms with E-state index in [1.54, 1.807) is 30.3 Å². The molecule has 0 amide bonds. The van der Waals surface area contributed by atoms with Crippen LogP contribution >= 0.6 is 34.8 Å². The molecule has 0 N–H and O–H groups in total. The molecule has 3 aromatic carbocycles. The number of benzene rings is 3. The molecule has 0 radical (unpaired) electrons. The summed E-state index contributed by atoms with van der Waals surface area (Å²) in [5, 5.41) is 17.1. The Morgan fingerprint density at radius 3 is 2.32 bits per heavy atom. The van der Waals surface area contributed by atoms with Crippen molar-refractivity contribution < 1.29 is 9.76 Å². The fourth-order valence-corrected chi connectivity index (χ4v) is 4.06. The first kappa shape index (κ1) is 21.6. The molecule has 1 fully saturated rings. The van der Waals surface area contributed by atoms with Gasteiger partial charge in [-0.1, -0.05) is 58.2 Å². The van der Waals surface area contributed by atoms with Gasteiger partial charge in [0.25, 0.3) is 5.69 Å². The third kappa shape index (κ3) is 5.18. The van der Waals surface area contributed by atoms with E-state index in [0.717, 1.165) is 23.3 Å². The van der Waals surface area contributed by atoms with Gasteiger partial charge in [0.2, 0.25) is 0 Å². The van der Waals surface area contributed by atoms with Crippen LogP contribution in [0.25, 0.3) is 0 Å². The van der Waals surface area contributed by atoms with E-state index in [1.807, 2.05) is 24.3 Å². The van der Waals surface area contributed by atoms with Gasteiger partial charge < -0.3 is 4.84 Å². The zero-order valence-electron chi connectivity index (χ0n) is 16.2. The first-order valence-electron chi connectivity index (χ1n) is 9.56. The van der Waals surface area contributed by atoms with Crippen molar-refractivity contribution in [3.05, 3.63) is 109 Å². The molecule has 31 heavy (non-hydrogen) atoms. The Balaban J connectivity index is 1.57. The van der Waals surface area contributed by atoms with E-state index in [-0.39, 0.29) is 24.1 Å². The monoisotopic (exact) mass is 474 g/mol. The molecule has 0 aromatic heterocycles. The Bertz CT molecular complexity index is 1130. The molecule has 1 saturated carbocycles. The SMILES string of the molecule is O=[N+]([O-])c1ccc(/C(=N/OCc2ccc(Cl)cc2Cl)[C@H]2C[C@@H]2c2ccc(Cl)cc2)cc1. The van der Waals surface area contributed by atoms with Crippen LogP contribution in [0, 0.1) is 16.0 Å². The third-order valence-corrected chi connectivity index (χ3v) is 6.05. The second kappa shape index (κ2) is 9.27. The maximum absolute atomic E-state index is 11.0. The molecule has 5 nitrogen and oxygen atoms in total. The Morgan fingerprint density at radius 1 is 1.00 bits per heavy atom. The summed E-state index contributed by atoms with van der Waals surface area (Å²) >= 11 is 18.2. The molecule has 3 aromatic rings. The van der Waals surface area contributed by atoms with Crippen LogP contribution in [-0.2, 0) is 11.4 Å². The lowest BCUT2D eigenvalue weighted by Gasteiger charge is -2.09. The van der Waals surface area contributed by atoms with Gasteiger partial charge in [0.05, 0.1) is 10.6 Å². The number of non-ortho nitro benzene ring substituents is 1. The lowest BCUT2D eigenvalue weighted by atomic mass is 10.0. The number of nitro groups is 1. The quantitative estimate of drug-likeness (QED) is 0.205. The van der Waals surface area contributed by atoms with Gasteiger partial charge in [0.1, 0.15) is 6.61 Å². The summed E-state index contributed by atoms with van der Waals surface area (Å²) in [5.41, 5.74) is 3.50. The molecule has 1 aliphatic rings. The van der Waals surface area contributed by atoms with Crippen LogP contribution in [0.5, 0.6) is 0 Å². The van der Waals surface area contributed by atoms with Gasteiger partial charge in [-0.05, 0) is 54.3 Å². The summed E-state index contributed by atoms with van der Waals surface area (Å²) in [6, 6.07) is 19.3. The molecule has 0 bridgehead atoms. The topological polar surface area (TPSA) is 64.7 Å². The van der Waals surface area contributed by atoms with E-state index in [4.69, 9.17) is 39.6 Å². The summed E-state index contributed by atoms with van der Waals surface area (Å²) in [7, 11) is 0. The van der Waals surface area contributed by atoms with Gasteiger partial charge in [0.15, 0.2) is 0 Å². The van der Waals surface area contributed by atoms with Crippen LogP contribution < -0.4 is 0 Å². The number of rotatable bonds is 7. The predicted octanol–water partition coefficient (Wildman–Crippen LogP) is 7.28. The van der Waals surface area contributed by atoms with Crippen LogP contribution in [0.3, 0.4) is 0 Å². The highest BCUT2D eigenvalue weighted by atomic mass is 35.5. The predicted molar refractivity (Wildman–Crippen MR) is 123 cm³/mol. The van der Waals surface area contributed by atoms with Gasteiger partial charge in [-0.25, -0.2) is 0 Å². The fraction of sp³-hybridized carbons (Fsp3) is 0.174. The van der Waals surface area contributed by atoms with Crippen LogP contribution in [-0.4, -0.2) is 10.6 Å². The van der Waals surface area contributed by atoms with E-state index < -0.39 is 4.92 Å². The van der Waals surface area contributed by atoms with E-state index >= 15 is 0 Å². The highest BCUT2D eigenvalue weighted by molar-refractivity contribution is 6.35. The smallest absolute Gasteiger partial charge is 0.269 e. The Morgan fingerprint density at radius 2 is 1.68 bits per heavy atom. The second-order valence-corrected chi connectivity index (χ2v) is 8.57. The second-order valence-electron chi connectivity index (χ2n) is 7.29. The van der Waals surface area contributed by atoms with Gasteiger partial charge >= 0.3 is 0 Å². The van der Waals surface area contributed by atoms with Crippen LogP contribution in [0.1, 0.15) is 29.0 Å². The molecule has 2 atom stereocenters. The number of nitro benzene ring substituents is 1. The standard InChI is InChI=1S/C23H17Cl3N2O3/c24-17-6-1-14(2-7-17)20-12-21(20)23(15-4-9-19(10-5-15)28(29)30)27-31-13-16-3-8-18(25)11-22(16)26/h1-11,20-21H,12-13H2/b27-23-/t20-,21+/m1/s1. The molecule has 0 saturated heterocycles. The van der Waals surface area contributed by atoms with E-state index in [1.165, 1.54) is 17.7 Å². The molecule has 1 aliphatic carbocycles. The molecule has 0 unspecified atom stereocenters. The van der Waals surface area contributed by atoms with Crippen molar-refractivity contribution in [3.8, 4) is 0 Å². The molecule has 0 spiro atoms. The van der Waals surface area contributed by atoms with E-state index in [2.05, 4.69) is 5.16 Å². The molecule has 0 aliphatic heterocycles. The zero-order chi connectivity index (χ0) is 22.0. The number of nitrogens with zero attached hydrogens (tertiary/aromatic N) is 2. The lowest BCUT2D eigenvalue weighted by molar-refractivity contribution is -0.384. The van der Waals surface area contributed by atoms with Gasteiger partial charge in [-0.15, -0.1) is 0 Å². The van der Waals surface area contributed by atoms with Crippen molar-refractivity contribution in [3.63, 3.8) is 0 Å². The third-order valence-electron chi connectivity index (χ3n) is 5.21. The lowest BCUT2D eigenvalue weighted by Crippen LogP contribution is -2.07. The highest BCUT2D eigenvalue weighted by Gasteiger charge is 2.43. The summed E-state index contributed by atoms with van der Waals surface area (Å²) in [5.74, 6) is 0.428. The average molecular weight is 476 g/mol. The minimum absolute atomic E-state index is 0.0296. The average Bonchev–Trinajstić information content (AvgIpc) is 3.53. The number of halogens is 3. The summed E-state index contributed by atoms with van der Waals surface area (Å²) in [6.45, 7) is 0.185. The number of hydrogen-bond acceptors (Lipinski definition) is 4. The van der Waals surface area contributed by atoms with Crippen molar-refractivity contribution in [1.29, 1.82) is 0 Å². The van der Waals surface area contributed by atoms with Crippen LogP contribution in [0.2, 0.25) is 15.1 Å². The largest absolute Gasteiger partial charge is 0.391 e. The van der Waals surface area contributed by atoms with Crippen LogP contribution in [0.15, 0.2) is 71.9 Å². The fourth-order valence-electron chi connectivity index (χ4n) is 3.47. The molecular weight excluding hydrogens is 459 g/mol. The van der Waals surface area contributed by atoms with Gasteiger partial charge in [0, 0.05) is 44.2 Å². The van der Waals surface area contributed by atoms with Gasteiger partial charge in [-0.3, -0.25) is 10.1 Å². The van der Waals surface area contributed by atoms with Crippen LogP contribution in [0.4, 0.5) is 5.69 Å². The van der Waals surface area contributed by atoms with Crippen molar-refractivity contribution in [2.75, 3.05) is 0 Å². The van der Waals surface area contributed by atoms with Crippen molar-refractivity contribution in [2.45, 2.75) is 18.9 Å². The minimum Gasteiger partial charge on any atom is -0.391 e. The molecule has 0 heterocycles. The van der Waals surface area contributed by atoms with Crippen molar-refractivity contribution in [1.82, 2.24) is 0 Å². The summed E-state index contributed by atoms with van der Waals surface area (Å²) in [4.78, 5) is 16.2. The van der Waals surface area contributed by atoms with E-state index in [9.17, 15) is 10.1 Å². The Kier molecular flexibility index (Phi) is 6.46. The molecule has 4 rings (SSSR count). The Hall–Kier alpha value is -2.60. The maximum Gasteiger partial charge on any atom is 0.269 e. The van der Waals surface area contributed by atoms with Gasteiger partial charge in [-0.2, -0.15) is 0 Å². The molecule has 8 heteroatoms. The summed E-state index contributed by atoms with van der Waals surface area (Å²) < 4.78 is 0. The minimum atomic E-state index is -0.423. The highest BCUT2D eigenvalue weighted by Crippen LogP contribution is 2.49. The summed E-state index contributed by atoms with van der Waals surface area (Å²) in [6.07, 6.45) is 0.905. The maximum atomic E-state index is 11.0. The first-order valence-corrected chi connectivity index (χ1v) is 10.7. The first-order chi connectivity index (χ1) is 14.9. The van der Waals surface area contributed by atoms with Crippen molar-refractivity contribution >= 4 is 46.2 Å². The van der Waals surface area contributed by atoms with E-state index in [0.29, 0.717) is 15.1 Å². The Labute approximate surface area is 194 Å². The normalized spacial score (nSPS) is 18.0. The number of hydrogen-bond donors (Lipinski definition) is 0. The van der Waals surface area contributed by atoms with Crippen molar-refractivity contribution in [2.24, 2.45) is 11.1 Å². The number of oxime groups is 1. The molecular formula is C23H17Cl3N2O3. The zero-order valence-corrected chi connectivity index (χ0v) is 18.4. The molecule has 158 valence electrons.